The number of benzene rings is 5. The highest BCUT2D eigenvalue weighted by Crippen LogP contribution is 2.48. The lowest BCUT2D eigenvalue weighted by molar-refractivity contribution is 0.590. The molecular weight excluding hydrogens is 516 g/mol. The zero-order valence-electron chi connectivity index (χ0n) is 24.8. The summed E-state index contributed by atoms with van der Waals surface area (Å²) in [6.07, 6.45) is 0. The monoisotopic (exact) mass is 548 g/mol. The minimum Gasteiger partial charge on any atom is -0.452 e. The lowest BCUT2D eigenvalue weighted by Gasteiger charge is -2.19. The highest BCUT2D eigenvalue weighted by Gasteiger charge is 2.28. The average molecular weight is 549 g/mol. The summed E-state index contributed by atoms with van der Waals surface area (Å²) in [7, 11) is 0. The molecule has 0 aliphatic carbocycles. The maximum Gasteiger partial charge on any atom is 0.162 e. The summed E-state index contributed by atoms with van der Waals surface area (Å²) in [5, 5.41) is 4.53. The van der Waals surface area contributed by atoms with Crippen LogP contribution >= 0.6 is 0 Å². The van der Waals surface area contributed by atoms with Gasteiger partial charge in [-0.15, -0.1) is 0 Å². The fraction of sp³-hybridized carbons (Fsp3) is 0.211. The van der Waals surface area contributed by atoms with Crippen molar-refractivity contribution in [2.24, 2.45) is 0 Å². The van der Waals surface area contributed by atoms with Gasteiger partial charge in [0, 0.05) is 10.8 Å². The van der Waals surface area contributed by atoms with Crippen molar-refractivity contribution >= 4 is 77.0 Å². The van der Waals surface area contributed by atoms with Crippen LogP contribution in [0.25, 0.3) is 77.0 Å². The molecule has 9 aromatic rings. The fourth-order valence-electron chi connectivity index (χ4n) is 7.01. The van der Waals surface area contributed by atoms with E-state index >= 15 is 0 Å². The predicted molar refractivity (Wildman–Crippen MR) is 175 cm³/mol. The van der Waals surface area contributed by atoms with Gasteiger partial charge in [-0.1, -0.05) is 90.1 Å². The van der Waals surface area contributed by atoms with E-state index in [0.29, 0.717) is 0 Å². The fourth-order valence-corrected chi connectivity index (χ4v) is 7.01. The van der Waals surface area contributed by atoms with Gasteiger partial charge in [0.05, 0.1) is 32.8 Å². The van der Waals surface area contributed by atoms with Gasteiger partial charge in [0.1, 0.15) is 11.0 Å². The van der Waals surface area contributed by atoms with Crippen molar-refractivity contribution in [2.75, 3.05) is 0 Å². The first-order valence-electron chi connectivity index (χ1n) is 14.8. The molecule has 0 spiro atoms. The number of para-hydroxylation sites is 4. The molecule has 206 valence electrons. The minimum absolute atomic E-state index is 0.0183. The van der Waals surface area contributed by atoms with Gasteiger partial charge >= 0.3 is 0 Å². The molecule has 0 aliphatic heterocycles. The molecule has 0 amide bonds. The zero-order chi connectivity index (χ0) is 28.7. The molecule has 0 saturated heterocycles. The van der Waals surface area contributed by atoms with Crippen molar-refractivity contribution in [3.05, 3.63) is 96.1 Å². The van der Waals surface area contributed by atoms with E-state index < -0.39 is 0 Å². The van der Waals surface area contributed by atoms with Gasteiger partial charge in [0.25, 0.3) is 0 Å². The van der Waals surface area contributed by atoms with Crippen LogP contribution in [0.15, 0.2) is 93.8 Å². The first-order valence-corrected chi connectivity index (χ1v) is 14.8. The highest BCUT2D eigenvalue weighted by molar-refractivity contribution is 6.34. The van der Waals surface area contributed by atoms with Gasteiger partial charge < -0.3 is 17.6 Å². The van der Waals surface area contributed by atoms with Crippen molar-refractivity contribution in [1.29, 1.82) is 0 Å². The number of aromatic nitrogens is 2. The summed E-state index contributed by atoms with van der Waals surface area (Å²) >= 11 is 0. The molecule has 0 bridgehead atoms. The Kier molecular flexibility index (Phi) is 4.32. The molecule has 5 aromatic carbocycles. The Bertz CT molecular complexity index is 2400. The van der Waals surface area contributed by atoms with Crippen molar-refractivity contribution in [3.8, 4) is 0 Å². The van der Waals surface area contributed by atoms with Crippen LogP contribution in [0.4, 0.5) is 0 Å². The second-order valence-corrected chi connectivity index (χ2v) is 13.9. The van der Waals surface area contributed by atoms with Crippen LogP contribution in [0.1, 0.15) is 52.7 Å². The number of rotatable bonds is 0. The van der Waals surface area contributed by atoms with Crippen LogP contribution in [-0.4, -0.2) is 8.80 Å². The molecular formula is C38H32N2O2. The van der Waals surface area contributed by atoms with Crippen molar-refractivity contribution in [3.63, 3.8) is 0 Å². The van der Waals surface area contributed by atoms with E-state index in [2.05, 4.69) is 135 Å². The Hall–Kier alpha value is -4.70. The SMILES string of the molecule is CC(C)(C)c1ccc2c3c4oc5ccccc5n5c6cc(C(C)(C)C)ccc6c(c6oc7ccccc7n(c2c1)c63)c45. The predicted octanol–water partition coefficient (Wildman–Crippen LogP) is 10.9. The summed E-state index contributed by atoms with van der Waals surface area (Å²) in [6.45, 7) is 13.6. The summed E-state index contributed by atoms with van der Waals surface area (Å²) in [6, 6.07) is 30.6. The maximum atomic E-state index is 6.93. The lowest BCUT2D eigenvalue weighted by atomic mass is 9.86. The minimum atomic E-state index is 0.0183. The standard InChI is InChI=1S/C38H32N2O2/c1-37(2,3)21-15-17-23-27(19-21)39-25-11-7-9-13-29(25)41-36-32-24-18-16-22(38(4,5)6)20-28(24)40-26-12-8-10-14-30(26)42-35(34(32)40)31(23)33(36)39/h7-20H,1-6H3. The lowest BCUT2D eigenvalue weighted by Crippen LogP contribution is -2.10. The molecule has 42 heavy (non-hydrogen) atoms. The van der Waals surface area contributed by atoms with Crippen molar-refractivity contribution in [2.45, 2.75) is 52.4 Å². The Balaban J connectivity index is 1.66. The van der Waals surface area contributed by atoms with E-state index in [1.54, 1.807) is 0 Å². The van der Waals surface area contributed by atoms with Crippen LogP contribution in [0, 0.1) is 0 Å². The van der Waals surface area contributed by atoms with Crippen LogP contribution in [0.3, 0.4) is 0 Å². The van der Waals surface area contributed by atoms with Gasteiger partial charge in [-0.25, -0.2) is 0 Å². The van der Waals surface area contributed by atoms with Crippen LogP contribution < -0.4 is 0 Å². The Labute approximate surface area is 242 Å². The Morgan fingerprint density at radius 3 is 1.29 bits per heavy atom. The molecule has 4 heterocycles. The van der Waals surface area contributed by atoms with Crippen molar-refractivity contribution < 1.29 is 8.83 Å². The van der Waals surface area contributed by atoms with Gasteiger partial charge in [0.2, 0.25) is 0 Å². The molecule has 0 atom stereocenters. The van der Waals surface area contributed by atoms with E-state index in [1.165, 1.54) is 32.9 Å². The number of hydrogen-bond acceptors (Lipinski definition) is 2. The van der Waals surface area contributed by atoms with E-state index in [1.807, 2.05) is 0 Å². The second kappa shape index (κ2) is 7.57. The molecule has 4 nitrogen and oxygen atoms in total. The van der Waals surface area contributed by atoms with Crippen LogP contribution in [0.2, 0.25) is 0 Å². The molecule has 0 fully saturated rings. The maximum absolute atomic E-state index is 6.93. The molecule has 0 N–H and O–H groups in total. The number of hydrogen-bond donors (Lipinski definition) is 0. The molecule has 9 rings (SSSR count). The third-order valence-electron chi connectivity index (χ3n) is 9.19. The third-order valence-corrected chi connectivity index (χ3v) is 9.19. The topological polar surface area (TPSA) is 35.1 Å². The normalized spacial score (nSPS) is 13.5. The molecule has 0 unspecified atom stereocenters. The van der Waals surface area contributed by atoms with Gasteiger partial charge in [0.15, 0.2) is 22.3 Å². The van der Waals surface area contributed by atoms with E-state index in [9.17, 15) is 0 Å². The summed E-state index contributed by atoms with van der Waals surface area (Å²) in [5.74, 6) is 0. The van der Waals surface area contributed by atoms with Gasteiger partial charge in [-0.2, -0.15) is 0 Å². The first-order chi connectivity index (χ1) is 20.1. The second-order valence-electron chi connectivity index (χ2n) is 13.9. The summed E-state index contributed by atoms with van der Waals surface area (Å²) < 4.78 is 18.7. The summed E-state index contributed by atoms with van der Waals surface area (Å²) in [4.78, 5) is 0. The average Bonchev–Trinajstić information content (AvgIpc) is 3.49. The molecule has 0 radical (unpaired) electrons. The van der Waals surface area contributed by atoms with Crippen LogP contribution in [0.5, 0.6) is 0 Å². The van der Waals surface area contributed by atoms with E-state index in [-0.39, 0.29) is 10.8 Å². The quantitative estimate of drug-likeness (QED) is 0.177. The van der Waals surface area contributed by atoms with Crippen molar-refractivity contribution in [1.82, 2.24) is 8.80 Å². The first kappa shape index (κ1) is 24.0. The van der Waals surface area contributed by atoms with Crippen LogP contribution in [-0.2, 0) is 10.8 Å². The molecule has 0 aliphatic rings. The number of fused-ring (bicyclic) bond motifs is 12. The molecule has 4 aromatic heterocycles. The smallest absolute Gasteiger partial charge is 0.162 e. The zero-order valence-corrected chi connectivity index (χ0v) is 24.8. The Morgan fingerprint density at radius 2 is 0.881 bits per heavy atom. The highest BCUT2D eigenvalue weighted by atomic mass is 16.3. The van der Waals surface area contributed by atoms with Gasteiger partial charge in [-0.05, 0) is 58.4 Å². The number of nitrogens with zero attached hydrogens (tertiary/aromatic N) is 2. The van der Waals surface area contributed by atoms with Gasteiger partial charge in [-0.3, -0.25) is 0 Å². The third kappa shape index (κ3) is 2.92. The molecule has 0 saturated carbocycles. The Morgan fingerprint density at radius 1 is 0.476 bits per heavy atom. The van der Waals surface area contributed by atoms with E-state index in [0.717, 1.165) is 55.2 Å². The summed E-state index contributed by atoms with van der Waals surface area (Å²) in [5.41, 5.74) is 12.7. The largest absolute Gasteiger partial charge is 0.452 e. The molecule has 4 heteroatoms. The van der Waals surface area contributed by atoms with E-state index in [4.69, 9.17) is 8.83 Å².